The quantitative estimate of drug-likeness (QED) is 0.762. The van der Waals surface area contributed by atoms with Crippen LogP contribution in [0.3, 0.4) is 0 Å². The molecule has 7 heteroatoms. The van der Waals surface area contributed by atoms with Gasteiger partial charge in [0.25, 0.3) is 0 Å². The fourth-order valence-corrected chi connectivity index (χ4v) is 2.00. The predicted molar refractivity (Wildman–Crippen MR) is 90.0 cm³/mol. The van der Waals surface area contributed by atoms with E-state index >= 15 is 0 Å². The topological polar surface area (TPSA) is 95.7 Å². The van der Waals surface area contributed by atoms with Crippen molar-refractivity contribution in [3.05, 3.63) is 48.3 Å². The van der Waals surface area contributed by atoms with Gasteiger partial charge in [-0.15, -0.1) is 0 Å². The number of anilines is 1. The van der Waals surface area contributed by atoms with Crippen molar-refractivity contribution in [1.29, 1.82) is 0 Å². The number of ether oxygens (including phenoxy) is 3. The van der Waals surface area contributed by atoms with Crippen LogP contribution in [0, 0.1) is 0 Å². The number of hydrogen-bond acceptors (Lipinski definition) is 6. The summed E-state index contributed by atoms with van der Waals surface area (Å²) < 4.78 is 15.9. The first-order chi connectivity index (χ1) is 11.6. The molecule has 2 aromatic rings. The molecule has 24 heavy (non-hydrogen) atoms. The van der Waals surface area contributed by atoms with E-state index in [1.165, 1.54) is 7.11 Å². The first-order valence-corrected chi connectivity index (χ1v) is 7.39. The van der Waals surface area contributed by atoms with E-state index < -0.39 is 6.04 Å². The van der Waals surface area contributed by atoms with Gasteiger partial charge in [-0.25, -0.2) is 0 Å². The molecule has 0 aliphatic heterocycles. The van der Waals surface area contributed by atoms with Gasteiger partial charge in [0.2, 0.25) is 5.91 Å². The van der Waals surface area contributed by atoms with Crippen molar-refractivity contribution < 1.29 is 19.0 Å². The van der Waals surface area contributed by atoms with Crippen LogP contribution in [0.5, 0.6) is 11.5 Å². The highest BCUT2D eigenvalue weighted by molar-refractivity contribution is 5.95. The van der Waals surface area contributed by atoms with Gasteiger partial charge < -0.3 is 25.3 Å². The maximum absolute atomic E-state index is 12.0. The van der Waals surface area contributed by atoms with Gasteiger partial charge in [0.05, 0.1) is 13.7 Å². The van der Waals surface area contributed by atoms with Gasteiger partial charge in [-0.2, -0.15) is 0 Å². The lowest BCUT2D eigenvalue weighted by molar-refractivity contribution is -0.118. The molecule has 0 bridgehead atoms. The zero-order valence-corrected chi connectivity index (χ0v) is 13.7. The number of pyridine rings is 1. The van der Waals surface area contributed by atoms with Crippen LogP contribution in [-0.4, -0.2) is 37.8 Å². The van der Waals surface area contributed by atoms with Crippen molar-refractivity contribution in [1.82, 2.24) is 4.98 Å². The van der Waals surface area contributed by atoms with Crippen LogP contribution in [0.2, 0.25) is 0 Å². The third-order valence-electron chi connectivity index (χ3n) is 3.26. The Morgan fingerprint density at radius 3 is 2.62 bits per heavy atom. The number of amides is 1. The summed E-state index contributed by atoms with van der Waals surface area (Å²) in [7, 11) is 3.05. The predicted octanol–water partition coefficient (Wildman–Crippen LogP) is 1.58. The minimum absolute atomic E-state index is 0.146. The zero-order chi connectivity index (χ0) is 17.4. The minimum atomic E-state index is -0.738. The van der Waals surface area contributed by atoms with Gasteiger partial charge >= 0.3 is 0 Å². The third kappa shape index (κ3) is 4.94. The second kappa shape index (κ2) is 8.85. The molecule has 0 fully saturated rings. The summed E-state index contributed by atoms with van der Waals surface area (Å²) in [5.41, 5.74) is 7.25. The number of carbonyl (C=O) groups is 1. The SMILES string of the molecule is COCC(N)C(=O)Nc1ccc(OC)c(OCc2ccncc2)c1. The summed E-state index contributed by atoms with van der Waals surface area (Å²) in [5.74, 6) is 0.762. The number of nitrogens with two attached hydrogens (primary N) is 1. The number of benzene rings is 1. The fourth-order valence-electron chi connectivity index (χ4n) is 2.00. The molecule has 2 rings (SSSR count). The first-order valence-electron chi connectivity index (χ1n) is 7.39. The third-order valence-corrected chi connectivity index (χ3v) is 3.26. The van der Waals surface area contributed by atoms with Gasteiger partial charge in [-0.05, 0) is 29.8 Å². The summed E-state index contributed by atoms with van der Waals surface area (Å²) in [4.78, 5) is 15.9. The molecule has 128 valence electrons. The van der Waals surface area contributed by atoms with Gasteiger partial charge in [0, 0.05) is 31.3 Å². The second-order valence-corrected chi connectivity index (χ2v) is 5.06. The van der Waals surface area contributed by atoms with Crippen molar-refractivity contribution in [2.75, 3.05) is 26.1 Å². The van der Waals surface area contributed by atoms with E-state index in [0.717, 1.165) is 5.56 Å². The molecule has 0 spiro atoms. The number of rotatable bonds is 8. The largest absolute Gasteiger partial charge is 0.493 e. The van der Waals surface area contributed by atoms with Crippen molar-refractivity contribution >= 4 is 11.6 Å². The number of nitrogens with one attached hydrogen (secondary N) is 1. The number of nitrogens with zero attached hydrogens (tertiary/aromatic N) is 1. The van der Waals surface area contributed by atoms with Crippen molar-refractivity contribution in [2.45, 2.75) is 12.6 Å². The van der Waals surface area contributed by atoms with Crippen molar-refractivity contribution in [2.24, 2.45) is 5.73 Å². The van der Waals surface area contributed by atoms with E-state index in [1.54, 1.807) is 37.7 Å². The molecular formula is C17H21N3O4. The highest BCUT2D eigenvalue weighted by Gasteiger charge is 2.14. The lowest BCUT2D eigenvalue weighted by Crippen LogP contribution is -2.39. The van der Waals surface area contributed by atoms with Crippen LogP contribution in [0.1, 0.15) is 5.56 Å². The Hall–Kier alpha value is -2.64. The monoisotopic (exact) mass is 331 g/mol. The Labute approximate surface area is 140 Å². The van der Waals surface area contributed by atoms with E-state index in [0.29, 0.717) is 23.8 Å². The smallest absolute Gasteiger partial charge is 0.243 e. The molecular weight excluding hydrogens is 310 g/mol. The van der Waals surface area contributed by atoms with Crippen LogP contribution >= 0.6 is 0 Å². The highest BCUT2D eigenvalue weighted by atomic mass is 16.5. The standard InChI is InChI=1S/C17H21N3O4/c1-22-11-14(18)17(21)20-13-3-4-15(23-2)16(9-13)24-10-12-5-7-19-8-6-12/h3-9,14H,10-11,18H2,1-2H3,(H,20,21). The minimum Gasteiger partial charge on any atom is -0.493 e. The summed E-state index contributed by atoms with van der Waals surface area (Å²) in [6.45, 7) is 0.507. The number of aromatic nitrogens is 1. The summed E-state index contributed by atoms with van der Waals surface area (Å²) in [6, 6.07) is 8.12. The van der Waals surface area contributed by atoms with Crippen LogP contribution < -0.4 is 20.5 Å². The van der Waals surface area contributed by atoms with Gasteiger partial charge in [0.15, 0.2) is 11.5 Å². The van der Waals surface area contributed by atoms with E-state index in [4.69, 9.17) is 19.9 Å². The first kappa shape index (κ1) is 17.7. The average molecular weight is 331 g/mol. The lowest BCUT2D eigenvalue weighted by Gasteiger charge is -2.14. The Morgan fingerprint density at radius 2 is 1.96 bits per heavy atom. The Balaban J connectivity index is 2.08. The summed E-state index contributed by atoms with van der Waals surface area (Å²) in [6.07, 6.45) is 3.40. The maximum atomic E-state index is 12.0. The second-order valence-electron chi connectivity index (χ2n) is 5.06. The van der Waals surface area contributed by atoms with E-state index in [9.17, 15) is 4.79 Å². The molecule has 3 N–H and O–H groups in total. The molecule has 1 aromatic carbocycles. The fraction of sp³-hybridized carbons (Fsp3) is 0.294. The molecule has 0 radical (unpaired) electrons. The van der Waals surface area contributed by atoms with Crippen molar-refractivity contribution in [3.63, 3.8) is 0 Å². The van der Waals surface area contributed by atoms with Gasteiger partial charge in [0.1, 0.15) is 12.6 Å². The van der Waals surface area contributed by atoms with E-state index in [2.05, 4.69) is 10.3 Å². The molecule has 1 aromatic heterocycles. The lowest BCUT2D eigenvalue weighted by atomic mass is 10.2. The number of hydrogen-bond donors (Lipinski definition) is 2. The molecule has 7 nitrogen and oxygen atoms in total. The molecule has 0 saturated carbocycles. The van der Waals surface area contributed by atoms with Gasteiger partial charge in [-0.1, -0.05) is 0 Å². The molecule has 1 atom stereocenters. The molecule has 1 heterocycles. The molecule has 1 unspecified atom stereocenters. The summed E-state index contributed by atoms with van der Waals surface area (Å²) >= 11 is 0. The Morgan fingerprint density at radius 1 is 1.21 bits per heavy atom. The highest BCUT2D eigenvalue weighted by Crippen LogP contribution is 2.31. The van der Waals surface area contributed by atoms with E-state index in [-0.39, 0.29) is 12.5 Å². The van der Waals surface area contributed by atoms with Crippen molar-refractivity contribution in [3.8, 4) is 11.5 Å². The summed E-state index contributed by atoms with van der Waals surface area (Å²) in [5, 5.41) is 2.73. The van der Waals surface area contributed by atoms with E-state index in [1.807, 2.05) is 12.1 Å². The Bertz CT molecular complexity index is 664. The molecule has 0 aliphatic carbocycles. The van der Waals surface area contributed by atoms with Crippen LogP contribution in [-0.2, 0) is 16.1 Å². The molecule has 0 saturated heterocycles. The van der Waals surface area contributed by atoms with Gasteiger partial charge in [-0.3, -0.25) is 9.78 Å². The molecule has 1 amide bonds. The van der Waals surface area contributed by atoms with Crippen LogP contribution in [0.4, 0.5) is 5.69 Å². The maximum Gasteiger partial charge on any atom is 0.243 e. The normalized spacial score (nSPS) is 11.6. The zero-order valence-electron chi connectivity index (χ0n) is 13.7. The van der Waals surface area contributed by atoms with Crippen LogP contribution in [0.15, 0.2) is 42.7 Å². The molecule has 0 aliphatic rings. The number of methoxy groups -OCH3 is 2. The Kier molecular flexibility index (Phi) is 6.53. The van der Waals surface area contributed by atoms with Crippen LogP contribution in [0.25, 0.3) is 0 Å². The number of carbonyl (C=O) groups excluding carboxylic acids is 1. The average Bonchev–Trinajstić information content (AvgIpc) is 2.61.